The smallest absolute Gasteiger partial charge is 0.115 e. The number of nitrogens with zero attached hydrogens (tertiary/aromatic N) is 6. The number of aromatic nitrogens is 6. The summed E-state index contributed by atoms with van der Waals surface area (Å²) in [4.78, 5) is 22.4. The Bertz CT molecular complexity index is 894. The van der Waals surface area contributed by atoms with Crippen LogP contribution in [0.3, 0.4) is 0 Å². The van der Waals surface area contributed by atoms with E-state index < -0.39 is 0 Å². The van der Waals surface area contributed by atoms with Crippen LogP contribution in [-0.2, 0) is 0 Å². The molecule has 0 aliphatic rings. The van der Waals surface area contributed by atoms with E-state index in [2.05, 4.69) is 78.4 Å². The lowest BCUT2D eigenvalue weighted by Crippen LogP contribution is -1.67. The molecule has 0 atom stereocenters. The van der Waals surface area contributed by atoms with E-state index in [0.29, 0.717) is 0 Å². The summed E-state index contributed by atoms with van der Waals surface area (Å²) in [6.45, 7) is 0. The quantitative estimate of drug-likeness (QED) is 0.287. The van der Waals surface area contributed by atoms with Crippen molar-refractivity contribution >= 4 is 10.8 Å². The number of benzene rings is 2. The van der Waals surface area contributed by atoms with Gasteiger partial charge in [0.25, 0.3) is 0 Å². The van der Waals surface area contributed by atoms with Crippen LogP contribution in [0.2, 0.25) is 0 Å². The van der Waals surface area contributed by atoms with Gasteiger partial charge in [0.2, 0.25) is 0 Å². The van der Waals surface area contributed by atoms with Crippen molar-refractivity contribution in [1.29, 1.82) is 0 Å². The average Bonchev–Trinajstić information content (AvgIpc) is 2.98. The van der Waals surface area contributed by atoms with Crippen LogP contribution in [0.25, 0.3) is 10.8 Å². The minimum atomic E-state index is 1.31. The maximum absolute atomic E-state index is 3.78. The number of hydrogen-bond donors (Lipinski definition) is 0. The fourth-order valence-corrected chi connectivity index (χ4v) is 2.26. The first-order chi connectivity index (χ1) is 17.0. The van der Waals surface area contributed by atoms with Gasteiger partial charge in [0.1, 0.15) is 6.33 Å². The average molecular weight is 447 g/mol. The lowest BCUT2D eigenvalue weighted by Gasteiger charge is -1.92. The highest BCUT2D eigenvalue weighted by Crippen LogP contribution is 2.11. The third-order valence-electron chi connectivity index (χ3n) is 3.75. The van der Waals surface area contributed by atoms with E-state index in [1.807, 2.05) is 36.4 Å². The molecule has 0 saturated heterocycles. The molecule has 0 saturated carbocycles. The first kappa shape index (κ1) is 25.4. The van der Waals surface area contributed by atoms with Crippen molar-refractivity contribution in [2.24, 2.45) is 0 Å². The molecule has 6 heteroatoms. The summed E-state index contributed by atoms with van der Waals surface area (Å²) in [5, 5.41) is 2.62. The van der Waals surface area contributed by atoms with E-state index in [1.165, 1.54) is 17.1 Å². The van der Waals surface area contributed by atoms with E-state index in [0.717, 1.165) is 0 Å². The van der Waals surface area contributed by atoms with Crippen LogP contribution in [0, 0.1) is 0 Å². The summed E-state index contributed by atoms with van der Waals surface area (Å²) >= 11 is 0. The Morgan fingerprint density at radius 3 is 0.765 bits per heavy atom. The predicted molar refractivity (Wildman–Crippen MR) is 136 cm³/mol. The van der Waals surface area contributed by atoms with Crippen molar-refractivity contribution in [3.05, 3.63) is 159 Å². The minimum absolute atomic E-state index is 1.31. The van der Waals surface area contributed by atoms with E-state index in [-0.39, 0.29) is 0 Å². The molecule has 0 radical (unpaired) electrons. The molecule has 0 bridgehead atoms. The van der Waals surface area contributed by atoms with Gasteiger partial charge in [-0.3, -0.25) is 19.9 Å². The number of fused-ring (bicyclic) bond motifs is 1. The molecule has 34 heavy (non-hydrogen) atoms. The Labute approximate surface area is 200 Å². The topological polar surface area (TPSA) is 77.3 Å². The monoisotopic (exact) mass is 446 g/mol. The fourth-order valence-electron chi connectivity index (χ4n) is 2.26. The van der Waals surface area contributed by atoms with E-state index in [1.54, 1.807) is 68.0 Å². The second kappa shape index (κ2) is 18.9. The summed E-state index contributed by atoms with van der Waals surface area (Å²) in [5.74, 6) is 0. The van der Waals surface area contributed by atoms with Gasteiger partial charge in [0, 0.05) is 62.0 Å². The van der Waals surface area contributed by atoms with Crippen LogP contribution < -0.4 is 0 Å². The summed E-state index contributed by atoms with van der Waals surface area (Å²) < 4.78 is 0. The zero-order chi connectivity index (χ0) is 23.8. The van der Waals surface area contributed by atoms with Crippen molar-refractivity contribution in [2.75, 3.05) is 0 Å². The molecule has 2 aromatic carbocycles. The molecule has 6 nitrogen and oxygen atoms in total. The molecule has 0 aliphatic carbocycles. The van der Waals surface area contributed by atoms with Crippen LogP contribution in [-0.4, -0.2) is 29.9 Å². The van der Waals surface area contributed by atoms with Crippen LogP contribution >= 0.6 is 0 Å². The Hall–Kier alpha value is -4.84. The van der Waals surface area contributed by atoms with E-state index in [9.17, 15) is 0 Å². The number of pyridine rings is 2. The second-order valence-corrected chi connectivity index (χ2v) is 6.19. The van der Waals surface area contributed by atoms with Gasteiger partial charge in [-0.1, -0.05) is 60.7 Å². The standard InChI is InChI=1S/C10H8.2C5H5N.2C4H4N2/c1-2-6-10-8-4-3-7-9(10)5-1;2*1-2-4-6-5-3-1;1-2-6-4-3-5-1;1-2-5-4-6-3-1/h1-8H;2*1-5H;2*1-4H. The summed E-state index contributed by atoms with van der Waals surface area (Å²) in [6, 6.07) is 29.9. The molecule has 6 aromatic rings. The third kappa shape index (κ3) is 13.5. The maximum Gasteiger partial charge on any atom is 0.115 e. The largest absolute Gasteiger partial charge is 0.265 e. The second-order valence-electron chi connectivity index (χ2n) is 6.19. The predicted octanol–water partition coefficient (Wildman–Crippen LogP) is 5.96. The SMILES string of the molecule is c1ccc2ccccc2c1.c1ccncc1.c1ccncc1.c1cnccn1.c1cncnc1. The van der Waals surface area contributed by atoms with Gasteiger partial charge in [-0.25, -0.2) is 9.97 Å². The molecular formula is C28H26N6. The van der Waals surface area contributed by atoms with E-state index in [4.69, 9.17) is 0 Å². The molecule has 0 amide bonds. The molecule has 168 valence electrons. The first-order valence-electron chi connectivity index (χ1n) is 10.5. The van der Waals surface area contributed by atoms with E-state index >= 15 is 0 Å². The van der Waals surface area contributed by atoms with Crippen molar-refractivity contribution < 1.29 is 0 Å². The van der Waals surface area contributed by atoms with Crippen LogP contribution in [0.1, 0.15) is 0 Å². The highest BCUT2D eigenvalue weighted by molar-refractivity contribution is 5.82. The molecule has 0 fully saturated rings. The lowest BCUT2D eigenvalue weighted by atomic mass is 10.1. The van der Waals surface area contributed by atoms with Crippen LogP contribution in [0.5, 0.6) is 0 Å². The third-order valence-corrected chi connectivity index (χ3v) is 3.75. The Kier molecular flexibility index (Phi) is 14.1. The molecule has 0 N–H and O–H groups in total. The molecular weight excluding hydrogens is 420 g/mol. The number of rotatable bonds is 0. The van der Waals surface area contributed by atoms with Crippen molar-refractivity contribution in [1.82, 2.24) is 29.9 Å². The number of hydrogen-bond acceptors (Lipinski definition) is 6. The maximum atomic E-state index is 3.78. The van der Waals surface area contributed by atoms with Crippen LogP contribution in [0.15, 0.2) is 159 Å². The molecule has 0 spiro atoms. The van der Waals surface area contributed by atoms with Crippen molar-refractivity contribution in [2.45, 2.75) is 0 Å². The molecule has 0 aliphatic heterocycles. The van der Waals surface area contributed by atoms with Gasteiger partial charge < -0.3 is 0 Å². The minimum Gasteiger partial charge on any atom is -0.265 e. The van der Waals surface area contributed by atoms with Gasteiger partial charge in [0.05, 0.1) is 0 Å². The highest BCUT2D eigenvalue weighted by atomic mass is 14.8. The first-order valence-corrected chi connectivity index (χ1v) is 10.5. The molecule has 4 heterocycles. The molecule has 0 unspecified atom stereocenters. The van der Waals surface area contributed by atoms with Gasteiger partial charge >= 0.3 is 0 Å². The molecule has 6 rings (SSSR count). The zero-order valence-corrected chi connectivity index (χ0v) is 18.7. The fraction of sp³-hybridized carbons (Fsp3) is 0. The van der Waals surface area contributed by atoms with Gasteiger partial charge in [-0.05, 0) is 41.1 Å². The summed E-state index contributed by atoms with van der Waals surface area (Å²) in [7, 11) is 0. The zero-order valence-electron chi connectivity index (χ0n) is 18.7. The van der Waals surface area contributed by atoms with Gasteiger partial charge in [-0.15, -0.1) is 0 Å². The normalized spacial score (nSPS) is 8.59. The Morgan fingerprint density at radius 1 is 0.265 bits per heavy atom. The van der Waals surface area contributed by atoms with Gasteiger partial charge in [0.15, 0.2) is 0 Å². The van der Waals surface area contributed by atoms with Crippen LogP contribution in [0.4, 0.5) is 0 Å². The Morgan fingerprint density at radius 2 is 0.588 bits per heavy atom. The Balaban J connectivity index is 0.000000153. The summed E-state index contributed by atoms with van der Waals surface area (Å²) in [5.41, 5.74) is 0. The highest BCUT2D eigenvalue weighted by Gasteiger charge is 1.85. The lowest BCUT2D eigenvalue weighted by molar-refractivity contribution is 1.17. The summed E-state index contributed by atoms with van der Waals surface area (Å²) in [6.07, 6.45) is 18.4. The van der Waals surface area contributed by atoms with Crippen molar-refractivity contribution in [3.63, 3.8) is 0 Å². The van der Waals surface area contributed by atoms with Gasteiger partial charge in [-0.2, -0.15) is 0 Å². The molecule has 4 aromatic heterocycles. The van der Waals surface area contributed by atoms with Crippen molar-refractivity contribution in [3.8, 4) is 0 Å².